The summed E-state index contributed by atoms with van der Waals surface area (Å²) in [7, 11) is 5.09. The molecule has 0 amide bonds. The van der Waals surface area contributed by atoms with Crippen molar-refractivity contribution in [3.05, 3.63) is 0 Å². The van der Waals surface area contributed by atoms with Gasteiger partial charge in [-0.05, 0) is 25.7 Å². The average molecular weight is 751 g/mol. The molecule has 0 atom stereocenters. The molecule has 0 aliphatic carbocycles. The first kappa shape index (κ1) is 38.3. The van der Waals surface area contributed by atoms with Gasteiger partial charge in [-0.15, -0.1) is 0 Å². The lowest BCUT2D eigenvalue weighted by Crippen LogP contribution is -3.00. The highest BCUT2D eigenvalue weighted by atomic mass is 127. The van der Waals surface area contributed by atoms with Gasteiger partial charge >= 0.3 is 0 Å². The Morgan fingerprint density at radius 1 is 0.541 bits per heavy atom. The SMILES string of the molecule is CCCCCCCCOCC(CCCCCOCCCC)(C[N+]1(C)CCCC1)C[N+]1(C)CCCC1.[I-].[I-]. The molecule has 0 aromatic carbocycles. The van der Waals surface area contributed by atoms with Crippen molar-refractivity contribution in [3.8, 4) is 0 Å². The number of hydrogen-bond donors (Lipinski definition) is 0. The van der Waals surface area contributed by atoms with E-state index in [9.17, 15) is 0 Å². The number of unbranched alkanes of at least 4 members (excludes halogenated alkanes) is 8. The molecule has 2 heterocycles. The molecule has 6 heteroatoms. The molecule has 224 valence electrons. The van der Waals surface area contributed by atoms with Gasteiger partial charge in [0.15, 0.2) is 0 Å². The number of hydrogen-bond acceptors (Lipinski definition) is 2. The first-order valence-corrected chi connectivity index (χ1v) is 15.8. The van der Waals surface area contributed by atoms with Crippen LogP contribution in [0.1, 0.15) is 117 Å². The molecule has 0 aromatic heterocycles. The Balaban J connectivity index is 0.00000648. The van der Waals surface area contributed by atoms with Gasteiger partial charge < -0.3 is 66.4 Å². The molecule has 2 fully saturated rings. The fourth-order valence-corrected chi connectivity index (χ4v) is 7.01. The molecule has 2 saturated heterocycles. The second-order valence-electron chi connectivity index (χ2n) is 13.0. The number of quaternary nitrogens is 2. The fourth-order valence-electron chi connectivity index (χ4n) is 7.01. The third-order valence-corrected chi connectivity index (χ3v) is 8.91. The summed E-state index contributed by atoms with van der Waals surface area (Å²) in [6.45, 7) is 16.5. The second kappa shape index (κ2) is 22.0. The summed E-state index contributed by atoms with van der Waals surface area (Å²) >= 11 is 0. The summed E-state index contributed by atoms with van der Waals surface area (Å²) in [5, 5.41) is 0. The molecule has 0 N–H and O–H groups in total. The Kier molecular flexibility index (Phi) is 22.7. The summed E-state index contributed by atoms with van der Waals surface area (Å²) in [5.74, 6) is 0. The van der Waals surface area contributed by atoms with Crippen molar-refractivity contribution < 1.29 is 66.4 Å². The Hall–Kier alpha value is 1.30. The molecular weight excluding hydrogens is 686 g/mol. The molecule has 0 saturated carbocycles. The normalized spacial score (nSPS) is 18.5. The quantitative estimate of drug-likeness (QED) is 0.0943. The Bertz CT molecular complexity index is 477. The van der Waals surface area contributed by atoms with E-state index in [-0.39, 0.29) is 48.0 Å². The van der Waals surface area contributed by atoms with Gasteiger partial charge in [0.1, 0.15) is 0 Å². The van der Waals surface area contributed by atoms with E-state index in [0.29, 0.717) is 5.41 Å². The highest BCUT2D eigenvalue weighted by molar-refractivity contribution is 4.82. The van der Waals surface area contributed by atoms with Crippen LogP contribution in [0, 0.1) is 5.41 Å². The van der Waals surface area contributed by atoms with E-state index >= 15 is 0 Å². The van der Waals surface area contributed by atoms with Crippen LogP contribution in [0.3, 0.4) is 0 Å². The standard InChI is InChI=1S/C31H64N2O2.2HI/c1-5-7-9-10-11-18-27-35-30-31(28-32(3)21-14-15-22-32,29-33(4)23-16-17-24-33)20-13-12-19-26-34-25-8-6-2;;/h5-30H2,1-4H3;2*1H/q+2;;/p-2. The van der Waals surface area contributed by atoms with Crippen LogP contribution in [0.4, 0.5) is 0 Å². The maximum atomic E-state index is 6.59. The van der Waals surface area contributed by atoms with Crippen LogP contribution in [-0.4, -0.2) is 88.8 Å². The predicted molar refractivity (Wildman–Crippen MR) is 151 cm³/mol. The Morgan fingerprint density at radius 2 is 0.973 bits per heavy atom. The second-order valence-corrected chi connectivity index (χ2v) is 13.0. The third kappa shape index (κ3) is 16.4. The van der Waals surface area contributed by atoms with Crippen LogP contribution >= 0.6 is 0 Å². The molecule has 0 aromatic rings. The Morgan fingerprint density at radius 3 is 1.51 bits per heavy atom. The lowest BCUT2D eigenvalue weighted by atomic mass is 9.80. The topological polar surface area (TPSA) is 18.5 Å². The van der Waals surface area contributed by atoms with E-state index in [4.69, 9.17) is 9.47 Å². The van der Waals surface area contributed by atoms with Crippen molar-refractivity contribution in [2.24, 2.45) is 5.41 Å². The first-order valence-electron chi connectivity index (χ1n) is 15.8. The molecule has 0 spiro atoms. The van der Waals surface area contributed by atoms with Crippen molar-refractivity contribution in [1.82, 2.24) is 0 Å². The smallest absolute Gasteiger partial charge is 0.0919 e. The number of likely N-dealkylation sites (tertiary alicyclic amines) is 2. The highest BCUT2D eigenvalue weighted by Crippen LogP contribution is 2.36. The molecule has 0 unspecified atom stereocenters. The average Bonchev–Trinajstić information content (AvgIpc) is 3.45. The third-order valence-electron chi connectivity index (χ3n) is 8.91. The van der Waals surface area contributed by atoms with Crippen molar-refractivity contribution in [2.45, 2.75) is 117 Å². The van der Waals surface area contributed by atoms with Gasteiger partial charge in [0.2, 0.25) is 0 Å². The van der Waals surface area contributed by atoms with Gasteiger partial charge in [0.25, 0.3) is 0 Å². The van der Waals surface area contributed by atoms with E-state index in [1.165, 1.54) is 151 Å². The predicted octanol–water partition coefficient (Wildman–Crippen LogP) is 1.22. The van der Waals surface area contributed by atoms with Gasteiger partial charge in [-0.1, -0.05) is 65.2 Å². The van der Waals surface area contributed by atoms with Crippen LogP contribution in [0.5, 0.6) is 0 Å². The van der Waals surface area contributed by atoms with Crippen LogP contribution in [0.2, 0.25) is 0 Å². The largest absolute Gasteiger partial charge is 1.00 e. The van der Waals surface area contributed by atoms with E-state index in [1.54, 1.807) is 0 Å². The lowest BCUT2D eigenvalue weighted by Gasteiger charge is -2.45. The van der Waals surface area contributed by atoms with Gasteiger partial charge in [0.05, 0.1) is 65.4 Å². The van der Waals surface area contributed by atoms with E-state index in [0.717, 1.165) is 26.4 Å². The van der Waals surface area contributed by atoms with E-state index in [2.05, 4.69) is 27.9 Å². The summed E-state index contributed by atoms with van der Waals surface area (Å²) in [4.78, 5) is 0. The zero-order chi connectivity index (χ0) is 25.3. The van der Waals surface area contributed by atoms with E-state index in [1.807, 2.05) is 0 Å². The highest BCUT2D eigenvalue weighted by Gasteiger charge is 2.46. The minimum atomic E-state index is 0. The maximum absolute atomic E-state index is 6.59. The van der Waals surface area contributed by atoms with Gasteiger partial charge in [-0.3, -0.25) is 0 Å². The van der Waals surface area contributed by atoms with Crippen LogP contribution < -0.4 is 48.0 Å². The van der Waals surface area contributed by atoms with Crippen LogP contribution in [0.15, 0.2) is 0 Å². The van der Waals surface area contributed by atoms with Crippen LogP contribution in [0.25, 0.3) is 0 Å². The molecule has 0 radical (unpaired) electrons. The number of ether oxygens (including phenoxy) is 2. The summed E-state index contributed by atoms with van der Waals surface area (Å²) < 4.78 is 15.0. The molecule has 2 rings (SSSR count). The fraction of sp³-hybridized carbons (Fsp3) is 1.00. The molecule has 0 bridgehead atoms. The summed E-state index contributed by atoms with van der Waals surface area (Å²) in [5.41, 5.74) is 0.323. The Labute approximate surface area is 266 Å². The van der Waals surface area contributed by atoms with Gasteiger partial charge in [-0.25, -0.2) is 0 Å². The van der Waals surface area contributed by atoms with E-state index < -0.39 is 0 Å². The number of nitrogens with zero attached hydrogens (tertiary/aromatic N) is 2. The monoisotopic (exact) mass is 750 g/mol. The van der Waals surface area contributed by atoms with Crippen molar-refractivity contribution in [2.75, 3.05) is 79.8 Å². The molecule has 37 heavy (non-hydrogen) atoms. The molecule has 4 nitrogen and oxygen atoms in total. The number of halogens is 2. The number of rotatable bonds is 22. The maximum Gasteiger partial charge on any atom is 0.0919 e. The first-order chi connectivity index (χ1) is 16.9. The molecule has 2 aliphatic heterocycles. The lowest BCUT2D eigenvalue weighted by molar-refractivity contribution is -0.928. The van der Waals surface area contributed by atoms with Crippen molar-refractivity contribution in [3.63, 3.8) is 0 Å². The van der Waals surface area contributed by atoms with Crippen molar-refractivity contribution in [1.29, 1.82) is 0 Å². The summed E-state index contributed by atoms with van der Waals surface area (Å²) in [6.07, 6.45) is 21.3. The van der Waals surface area contributed by atoms with Gasteiger partial charge in [0, 0.05) is 45.5 Å². The molecule has 2 aliphatic rings. The molecular formula is C31H64I2N2O2. The minimum Gasteiger partial charge on any atom is -1.00 e. The minimum absolute atomic E-state index is 0. The van der Waals surface area contributed by atoms with Crippen LogP contribution in [-0.2, 0) is 9.47 Å². The summed E-state index contributed by atoms with van der Waals surface area (Å²) in [6, 6.07) is 0. The van der Waals surface area contributed by atoms with Crippen molar-refractivity contribution >= 4 is 0 Å². The van der Waals surface area contributed by atoms with Gasteiger partial charge in [-0.2, -0.15) is 0 Å². The zero-order valence-corrected chi connectivity index (χ0v) is 29.7. The zero-order valence-electron chi connectivity index (χ0n) is 25.4.